The quantitative estimate of drug-likeness (QED) is 0.328. The Kier molecular flexibility index (Phi) is 8.24. The summed E-state index contributed by atoms with van der Waals surface area (Å²) in [5.41, 5.74) is 1.28. The van der Waals surface area contributed by atoms with Crippen LogP contribution < -0.4 is 5.32 Å². The molecule has 1 N–H and O–H groups in total. The Bertz CT molecular complexity index is 436. The maximum absolute atomic E-state index is 4.69. The zero-order chi connectivity index (χ0) is 15.5. The van der Waals surface area contributed by atoms with Crippen LogP contribution in [0.15, 0.2) is 30.0 Å². The first-order valence-electron chi connectivity index (χ1n) is 7.75. The zero-order valence-electron chi connectivity index (χ0n) is 13.7. The number of nitrogens with one attached hydrogen (secondary N) is 1. The van der Waals surface area contributed by atoms with Gasteiger partial charge in [-0.25, -0.2) is 0 Å². The van der Waals surface area contributed by atoms with Crippen LogP contribution in [-0.2, 0) is 13.5 Å². The monoisotopic (exact) mass is 291 g/mol. The lowest BCUT2D eigenvalue weighted by Crippen LogP contribution is -2.39. The van der Waals surface area contributed by atoms with Gasteiger partial charge in [0.1, 0.15) is 0 Å². The molecule has 0 radical (unpaired) electrons. The Morgan fingerprint density at radius 2 is 2.33 bits per heavy atom. The van der Waals surface area contributed by atoms with Crippen molar-refractivity contribution >= 4 is 5.96 Å². The number of aromatic nitrogens is 2. The van der Waals surface area contributed by atoms with Crippen LogP contribution in [-0.4, -0.2) is 47.3 Å². The number of rotatable bonds is 9. The Labute approximate surface area is 128 Å². The van der Waals surface area contributed by atoms with Crippen molar-refractivity contribution in [2.24, 2.45) is 12.0 Å². The first-order valence-corrected chi connectivity index (χ1v) is 7.75. The van der Waals surface area contributed by atoms with Gasteiger partial charge < -0.3 is 10.2 Å². The summed E-state index contributed by atoms with van der Waals surface area (Å²) in [5.74, 6) is 0.993. The van der Waals surface area contributed by atoms with E-state index < -0.39 is 0 Å². The summed E-state index contributed by atoms with van der Waals surface area (Å²) in [6.07, 6.45) is 10.2. The number of hydrogen-bond donors (Lipinski definition) is 1. The summed E-state index contributed by atoms with van der Waals surface area (Å²) in [5, 5.41) is 7.53. The van der Waals surface area contributed by atoms with Crippen molar-refractivity contribution in [1.82, 2.24) is 20.0 Å². The topological polar surface area (TPSA) is 45.5 Å². The summed E-state index contributed by atoms with van der Waals surface area (Å²) in [4.78, 5) is 6.88. The highest BCUT2D eigenvalue weighted by molar-refractivity contribution is 5.79. The van der Waals surface area contributed by atoms with E-state index in [2.05, 4.69) is 42.1 Å². The van der Waals surface area contributed by atoms with Gasteiger partial charge in [0.15, 0.2) is 5.96 Å². The number of aliphatic imine (C=N–C) groups is 1. The summed E-state index contributed by atoms with van der Waals surface area (Å²) in [7, 11) is 4.04. The average Bonchev–Trinajstić information content (AvgIpc) is 2.88. The maximum Gasteiger partial charge on any atom is 0.193 e. The van der Waals surface area contributed by atoms with Crippen LogP contribution in [0.1, 0.15) is 31.7 Å². The normalized spacial score (nSPS) is 11.5. The van der Waals surface area contributed by atoms with Gasteiger partial charge in [-0.05, 0) is 38.2 Å². The van der Waals surface area contributed by atoms with Crippen LogP contribution >= 0.6 is 0 Å². The van der Waals surface area contributed by atoms with Crippen molar-refractivity contribution in [3.8, 4) is 0 Å². The molecule has 0 atom stereocenters. The Hall–Kier alpha value is -1.78. The molecule has 1 rings (SSSR count). The second-order valence-electron chi connectivity index (χ2n) is 5.21. The molecule has 0 saturated heterocycles. The average molecular weight is 291 g/mol. The third-order valence-electron chi connectivity index (χ3n) is 3.24. The fraction of sp³-hybridized carbons (Fsp3) is 0.625. The van der Waals surface area contributed by atoms with Crippen molar-refractivity contribution in [1.29, 1.82) is 0 Å². The number of unbranched alkanes of at least 4 members (excludes halogenated alkanes) is 1. The van der Waals surface area contributed by atoms with E-state index in [1.54, 1.807) is 0 Å². The van der Waals surface area contributed by atoms with Gasteiger partial charge >= 0.3 is 0 Å². The third kappa shape index (κ3) is 6.97. The molecule has 0 aromatic carbocycles. The maximum atomic E-state index is 4.69. The first kappa shape index (κ1) is 17.3. The minimum atomic E-state index is 0.836. The summed E-state index contributed by atoms with van der Waals surface area (Å²) in [6.45, 7) is 8.59. The van der Waals surface area contributed by atoms with Gasteiger partial charge in [-0.3, -0.25) is 9.67 Å². The van der Waals surface area contributed by atoms with Gasteiger partial charge in [0.2, 0.25) is 0 Å². The van der Waals surface area contributed by atoms with E-state index in [1.165, 1.54) is 5.56 Å². The molecule has 0 bridgehead atoms. The van der Waals surface area contributed by atoms with E-state index in [0.29, 0.717) is 0 Å². The van der Waals surface area contributed by atoms with Crippen molar-refractivity contribution in [2.45, 2.75) is 32.6 Å². The SMILES string of the molecule is C=CCCCN(C)C(=NCCCc1cnn(C)c1)NCC. The predicted molar refractivity (Wildman–Crippen MR) is 89.6 cm³/mol. The minimum Gasteiger partial charge on any atom is -0.357 e. The highest BCUT2D eigenvalue weighted by atomic mass is 15.3. The van der Waals surface area contributed by atoms with E-state index in [9.17, 15) is 0 Å². The molecule has 0 aliphatic heterocycles. The fourth-order valence-electron chi connectivity index (χ4n) is 2.12. The molecule has 0 saturated carbocycles. The van der Waals surface area contributed by atoms with Crippen molar-refractivity contribution in [2.75, 3.05) is 26.7 Å². The second kappa shape index (κ2) is 10.0. The predicted octanol–water partition coefficient (Wildman–Crippen LogP) is 2.22. The molecular formula is C16H29N5. The molecule has 1 aromatic rings. The minimum absolute atomic E-state index is 0.836. The molecule has 1 aromatic heterocycles. The summed E-state index contributed by atoms with van der Waals surface area (Å²) in [6, 6.07) is 0. The van der Waals surface area contributed by atoms with Gasteiger partial charge in [-0.1, -0.05) is 6.08 Å². The second-order valence-corrected chi connectivity index (χ2v) is 5.21. The largest absolute Gasteiger partial charge is 0.357 e. The molecule has 1 heterocycles. The lowest BCUT2D eigenvalue weighted by molar-refractivity contribution is 0.470. The van der Waals surface area contributed by atoms with E-state index >= 15 is 0 Å². The van der Waals surface area contributed by atoms with Gasteiger partial charge in [0.05, 0.1) is 6.20 Å². The van der Waals surface area contributed by atoms with Gasteiger partial charge in [0.25, 0.3) is 0 Å². The molecule has 0 amide bonds. The molecule has 0 unspecified atom stereocenters. The van der Waals surface area contributed by atoms with Crippen molar-refractivity contribution in [3.05, 3.63) is 30.6 Å². The van der Waals surface area contributed by atoms with E-state index in [1.807, 2.05) is 24.0 Å². The highest BCUT2D eigenvalue weighted by Gasteiger charge is 2.04. The number of aryl methyl sites for hydroxylation is 2. The molecule has 5 heteroatoms. The highest BCUT2D eigenvalue weighted by Crippen LogP contribution is 2.01. The number of nitrogens with zero attached hydrogens (tertiary/aromatic N) is 4. The lowest BCUT2D eigenvalue weighted by Gasteiger charge is -2.21. The van der Waals surface area contributed by atoms with Crippen LogP contribution in [0.3, 0.4) is 0 Å². The van der Waals surface area contributed by atoms with Crippen LogP contribution in [0.4, 0.5) is 0 Å². The van der Waals surface area contributed by atoms with Gasteiger partial charge in [0, 0.05) is 39.9 Å². The van der Waals surface area contributed by atoms with Gasteiger partial charge in [-0.2, -0.15) is 5.10 Å². The Balaban J connectivity index is 2.37. The van der Waals surface area contributed by atoms with Crippen LogP contribution in [0.25, 0.3) is 0 Å². The third-order valence-corrected chi connectivity index (χ3v) is 3.24. The standard InChI is InChI=1S/C16H29N5/c1-5-7-8-12-20(3)16(17-6-2)18-11-9-10-15-13-19-21(4)14-15/h5,13-14H,1,6-12H2,2-4H3,(H,17,18). The van der Waals surface area contributed by atoms with Crippen LogP contribution in [0.2, 0.25) is 0 Å². The van der Waals surface area contributed by atoms with E-state index in [4.69, 9.17) is 4.99 Å². The summed E-state index contributed by atoms with van der Waals surface area (Å²) < 4.78 is 1.84. The molecular weight excluding hydrogens is 262 g/mol. The number of guanidine groups is 1. The Morgan fingerprint density at radius 3 is 2.95 bits per heavy atom. The first-order chi connectivity index (χ1) is 10.2. The lowest BCUT2D eigenvalue weighted by atomic mass is 10.2. The van der Waals surface area contributed by atoms with Crippen LogP contribution in [0, 0.1) is 0 Å². The zero-order valence-corrected chi connectivity index (χ0v) is 13.7. The summed E-state index contributed by atoms with van der Waals surface area (Å²) >= 11 is 0. The molecule has 0 fully saturated rings. The Morgan fingerprint density at radius 1 is 1.52 bits per heavy atom. The molecule has 118 valence electrons. The van der Waals surface area contributed by atoms with Crippen molar-refractivity contribution in [3.63, 3.8) is 0 Å². The van der Waals surface area contributed by atoms with Crippen LogP contribution in [0.5, 0.6) is 0 Å². The molecule has 5 nitrogen and oxygen atoms in total. The molecule has 21 heavy (non-hydrogen) atoms. The fourth-order valence-corrected chi connectivity index (χ4v) is 2.12. The molecule has 0 aliphatic carbocycles. The van der Waals surface area contributed by atoms with Crippen molar-refractivity contribution < 1.29 is 0 Å². The van der Waals surface area contributed by atoms with E-state index in [0.717, 1.165) is 51.3 Å². The van der Waals surface area contributed by atoms with Gasteiger partial charge in [-0.15, -0.1) is 6.58 Å². The molecule has 0 aliphatic rings. The number of allylic oxidation sites excluding steroid dienone is 1. The number of hydrogen-bond acceptors (Lipinski definition) is 2. The smallest absolute Gasteiger partial charge is 0.193 e. The van der Waals surface area contributed by atoms with E-state index in [-0.39, 0.29) is 0 Å². The molecule has 0 spiro atoms.